The Labute approximate surface area is 190 Å². The molecule has 0 radical (unpaired) electrons. The Hall–Kier alpha value is -2.61. The molecule has 2 fully saturated rings. The van der Waals surface area contributed by atoms with Gasteiger partial charge in [-0.05, 0) is 55.9 Å². The van der Waals surface area contributed by atoms with Crippen molar-refractivity contribution in [2.24, 2.45) is 11.8 Å². The van der Waals surface area contributed by atoms with E-state index in [1.807, 2.05) is 4.90 Å². The summed E-state index contributed by atoms with van der Waals surface area (Å²) in [6.45, 7) is 2.03. The molecule has 1 aromatic carbocycles. The first-order valence-corrected chi connectivity index (χ1v) is 11.5. The lowest BCUT2D eigenvalue weighted by atomic mass is 9.87. The molecule has 0 unspecified atom stereocenters. The normalized spacial score (nSPS) is 18.2. The minimum absolute atomic E-state index is 0.0348. The quantitative estimate of drug-likeness (QED) is 0.567. The third-order valence-corrected chi connectivity index (χ3v) is 6.55. The third kappa shape index (κ3) is 6.22. The smallest absolute Gasteiger partial charge is 0.251 e. The van der Waals surface area contributed by atoms with E-state index in [9.17, 15) is 14.4 Å². The first-order chi connectivity index (χ1) is 15.5. The fraction of sp³-hybridized carbons (Fsp3) is 0.625. The molecule has 0 spiro atoms. The largest absolute Gasteiger partial charge is 0.497 e. The molecule has 1 saturated heterocycles. The molecule has 1 heterocycles. The Kier molecular flexibility index (Phi) is 8.90. The average molecular weight is 446 g/mol. The zero-order valence-corrected chi connectivity index (χ0v) is 19.1. The second kappa shape index (κ2) is 11.9. The number of methoxy groups -OCH3 is 2. The monoisotopic (exact) mass is 445 g/mol. The number of hydrogen-bond donors (Lipinski definition) is 2. The predicted octanol–water partition coefficient (Wildman–Crippen LogP) is 1.99. The van der Waals surface area contributed by atoms with Crippen molar-refractivity contribution in [2.45, 2.75) is 44.6 Å². The van der Waals surface area contributed by atoms with Gasteiger partial charge in [0.05, 0.1) is 13.7 Å². The van der Waals surface area contributed by atoms with Crippen molar-refractivity contribution in [1.29, 1.82) is 0 Å². The van der Waals surface area contributed by atoms with Gasteiger partial charge in [0, 0.05) is 38.2 Å². The Morgan fingerprint density at radius 3 is 2.28 bits per heavy atom. The van der Waals surface area contributed by atoms with Crippen LogP contribution in [-0.2, 0) is 14.3 Å². The second-order valence-corrected chi connectivity index (χ2v) is 8.61. The molecule has 8 heteroatoms. The van der Waals surface area contributed by atoms with Gasteiger partial charge in [-0.2, -0.15) is 0 Å². The van der Waals surface area contributed by atoms with Crippen molar-refractivity contribution in [3.05, 3.63) is 29.8 Å². The number of carbonyl (C=O) groups excluding carboxylic acids is 3. The van der Waals surface area contributed by atoms with E-state index in [1.54, 1.807) is 38.5 Å². The van der Waals surface area contributed by atoms with Crippen LogP contribution < -0.4 is 15.4 Å². The van der Waals surface area contributed by atoms with Crippen molar-refractivity contribution >= 4 is 17.7 Å². The number of carbonyl (C=O) groups is 3. The van der Waals surface area contributed by atoms with Gasteiger partial charge < -0.3 is 25.0 Å². The predicted molar refractivity (Wildman–Crippen MR) is 120 cm³/mol. The lowest BCUT2D eigenvalue weighted by Gasteiger charge is -2.36. The van der Waals surface area contributed by atoms with Crippen LogP contribution >= 0.6 is 0 Å². The van der Waals surface area contributed by atoms with Gasteiger partial charge in [-0.1, -0.05) is 12.8 Å². The molecule has 1 aliphatic heterocycles. The van der Waals surface area contributed by atoms with Crippen LogP contribution in [0, 0.1) is 11.8 Å². The average Bonchev–Trinajstić information content (AvgIpc) is 3.37. The van der Waals surface area contributed by atoms with Gasteiger partial charge in [0.2, 0.25) is 11.8 Å². The summed E-state index contributed by atoms with van der Waals surface area (Å²) in [5.41, 5.74) is 0.467. The van der Waals surface area contributed by atoms with E-state index < -0.39 is 6.04 Å². The summed E-state index contributed by atoms with van der Waals surface area (Å²) in [4.78, 5) is 40.5. The molecular formula is C24H35N3O5. The highest BCUT2D eigenvalue weighted by Crippen LogP contribution is 2.29. The van der Waals surface area contributed by atoms with Crippen LogP contribution in [0.5, 0.6) is 5.75 Å². The molecule has 3 amide bonds. The molecule has 8 nitrogen and oxygen atoms in total. The lowest BCUT2D eigenvalue weighted by Crippen LogP contribution is -2.54. The molecule has 176 valence electrons. The topological polar surface area (TPSA) is 97.0 Å². The molecule has 1 aliphatic carbocycles. The van der Waals surface area contributed by atoms with Crippen molar-refractivity contribution in [1.82, 2.24) is 15.5 Å². The highest BCUT2D eigenvalue weighted by Gasteiger charge is 2.35. The lowest BCUT2D eigenvalue weighted by molar-refractivity contribution is -0.137. The van der Waals surface area contributed by atoms with Gasteiger partial charge >= 0.3 is 0 Å². The van der Waals surface area contributed by atoms with Crippen LogP contribution in [0.2, 0.25) is 0 Å². The Morgan fingerprint density at radius 1 is 1.03 bits per heavy atom. The number of ether oxygens (including phenoxy) is 2. The molecule has 0 bridgehead atoms. The van der Waals surface area contributed by atoms with Crippen LogP contribution in [0.4, 0.5) is 0 Å². The number of likely N-dealkylation sites (tertiary alicyclic amines) is 1. The Balaban J connectivity index is 1.63. The standard InChI is InChI=1S/C24H35N3O5/c1-31-16-13-25-23(29)21(26-22(28)18-7-9-20(32-2)10-8-18)17-11-14-27(15-12-17)24(30)19-5-3-4-6-19/h7-10,17,19,21H,3-6,11-16H2,1-2H3,(H,25,29)(H,26,28)/t21-/m0/s1. The van der Waals surface area contributed by atoms with Crippen LogP contribution in [0.3, 0.4) is 0 Å². The second-order valence-electron chi connectivity index (χ2n) is 8.61. The van der Waals surface area contributed by atoms with E-state index in [-0.39, 0.29) is 29.6 Å². The molecule has 1 saturated carbocycles. The molecule has 1 atom stereocenters. The number of amides is 3. The van der Waals surface area contributed by atoms with E-state index in [1.165, 1.54) is 0 Å². The van der Waals surface area contributed by atoms with Gasteiger partial charge in [-0.15, -0.1) is 0 Å². The minimum Gasteiger partial charge on any atom is -0.497 e. The van der Waals surface area contributed by atoms with E-state index >= 15 is 0 Å². The molecule has 1 aromatic rings. The number of piperidine rings is 1. The maximum absolute atomic E-state index is 12.9. The zero-order valence-electron chi connectivity index (χ0n) is 19.1. The summed E-state index contributed by atoms with van der Waals surface area (Å²) in [6.07, 6.45) is 5.61. The molecular weight excluding hydrogens is 410 g/mol. The summed E-state index contributed by atoms with van der Waals surface area (Å²) in [7, 11) is 3.14. The maximum Gasteiger partial charge on any atom is 0.251 e. The minimum atomic E-state index is -0.662. The van der Waals surface area contributed by atoms with Crippen molar-refractivity contribution in [3.63, 3.8) is 0 Å². The zero-order chi connectivity index (χ0) is 22.9. The number of nitrogens with one attached hydrogen (secondary N) is 2. The molecule has 2 aliphatic rings. The van der Waals surface area contributed by atoms with Crippen molar-refractivity contribution < 1.29 is 23.9 Å². The van der Waals surface area contributed by atoms with E-state index in [0.29, 0.717) is 50.4 Å². The Morgan fingerprint density at radius 2 is 1.69 bits per heavy atom. The van der Waals surface area contributed by atoms with Crippen LogP contribution in [0.15, 0.2) is 24.3 Å². The summed E-state index contributed by atoms with van der Waals surface area (Å²) in [5, 5.41) is 5.79. The van der Waals surface area contributed by atoms with Crippen molar-refractivity contribution in [3.8, 4) is 5.75 Å². The van der Waals surface area contributed by atoms with Crippen LogP contribution in [0.25, 0.3) is 0 Å². The van der Waals surface area contributed by atoms with Gasteiger partial charge in [-0.3, -0.25) is 14.4 Å². The first kappa shape index (κ1) is 24.0. The van der Waals surface area contributed by atoms with E-state index in [0.717, 1.165) is 25.7 Å². The summed E-state index contributed by atoms with van der Waals surface area (Å²) < 4.78 is 10.2. The van der Waals surface area contributed by atoms with Crippen LogP contribution in [-0.4, -0.2) is 69.1 Å². The van der Waals surface area contributed by atoms with Gasteiger partial charge in [0.25, 0.3) is 5.91 Å². The highest BCUT2D eigenvalue weighted by molar-refractivity contribution is 5.97. The third-order valence-electron chi connectivity index (χ3n) is 6.55. The first-order valence-electron chi connectivity index (χ1n) is 11.5. The molecule has 2 N–H and O–H groups in total. The molecule has 0 aromatic heterocycles. The summed E-state index contributed by atoms with van der Waals surface area (Å²) in [6, 6.07) is 6.13. The van der Waals surface area contributed by atoms with Crippen LogP contribution in [0.1, 0.15) is 48.9 Å². The number of benzene rings is 1. The van der Waals surface area contributed by atoms with Gasteiger partial charge in [0.15, 0.2) is 0 Å². The SMILES string of the molecule is COCCNC(=O)[C@@H](NC(=O)c1ccc(OC)cc1)C1CCN(C(=O)C2CCCC2)CC1. The Bertz CT molecular complexity index is 768. The number of hydrogen-bond acceptors (Lipinski definition) is 5. The maximum atomic E-state index is 12.9. The number of rotatable bonds is 9. The summed E-state index contributed by atoms with van der Waals surface area (Å²) in [5.74, 6) is 0.523. The number of nitrogens with zero attached hydrogens (tertiary/aromatic N) is 1. The summed E-state index contributed by atoms with van der Waals surface area (Å²) >= 11 is 0. The fourth-order valence-corrected chi connectivity index (χ4v) is 4.63. The van der Waals surface area contributed by atoms with Gasteiger partial charge in [-0.25, -0.2) is 0 Å². The molecule has 32 heavy (non-hydrogen) atoms. The van der Waals surface area contributed by atoms with E-state index in [2.05, 4.69) is 10.6 Å². The molecule has 3 rings (SSSR count). The fourth-order valence-electron chi connectivity index (χ4n) is 4.63. The van der Waals surface area contributed by atoms with E-state index in [4.69, 9.17) is 9.47 Å². The highest BCUT2D eigenvalue weighted by atomic mass is 16.5. The van der Waals surface area contributed by atoms with Gasteiger partial charge in [0.1, 0.15) is 11.8 Å². The van der Waals surface area contributed by atoms with Crippen molar-refractivity contribution in [2.75, 3.05) is 40.5 Å².